The molecule has 0 saturated carbocycles. The molecule has 0 aliphatic heterocycles. The van der Waals surface area contributed by atoms with Crippen molar-refractivity contribution in [1.29, 1.82) is 0 Å². The Morgan fingerprint density at radius 1 is 1.05 bits per heavy atom. The average Bonchev–Trinajstić information content (AvgIpc) is 2.74. The number of H-pyrrole nitrogens is 1. The number of nitrogens with one attached hydrogen (secondary N) is 1. The molecule has 3 heteroatoms. The van der Waals surface area contributed by atoms with Crippen LogP contribution in [0, 0.1) is 0 Å². The molecule has 0 saturated heterocycles. The minimum Gasteiger partial charge on any atom is -0.490 e. The minimum absolute atomic E-state index is 0.269. The smallest absolute Gasteiger partial charge is 0.129 e. The van der Waals surface area contributed by atoms with Gasteiger partial charge in [-0.2, -0.15) is 0 Å². The highest BCUT2D eigenvalue weighted by Gasteiger charge is 2.15. The molecule has 2 N–H and O–H groups in total. The van der Waals surface area contributed by atoms with Crippen molar-refractivity contribution in [1.82, 2.24) is 4.98 Å². The van der Waals surface area contributed by atoms with Crippen molar-refractivity contribution >= 4 is 21.8 Å². The Morgan fingerprint density at radius 3 is 2.58 bits per heavy atom. The number of fused-ring (bicyclic) bond motifs is 3. The van der Waals surface area contributed by atoms with Crippen LogP contribution < -0.4 is 4.74 Å². The fourth-order valence-corrected chi connectivity index (χ4v) is 2.24. The third-order valence-electron chi connectivity index (χ3n) is 3.07. The van der Waals surface area contributed by atoms with Gasteiger partial charge in [0.25, 0.3) is 0 Å². The summed E-state index contributed by atoms with van der Waals surface area (Å²) in [4.78, 5) is 3.37. The molecule has 3 nitrogen and oxygen atoms in total. The fourth-order valence-electron chi connectivity index (χ4n) is 2.24. The average molecular weight is 255 g/mol. The van der Waals surface area contributed by atoms with Gasteiger partial charge in [-0.25, -0.2) is 0 Å². The molecule has 3 rings (SSSR count). The van der Waals surface area contributed by atoms with E-state index in [1.165, 1.54) is 0 Å². The van der Waals surface area contributed by atoms with E-state index in [9.17, 15) is 5.11 Å². The Bertz CT molecular complexity index is 722. The van der Waals surface area contributed by atoms with E-state index in [1.54, 1.807) is 13.8 Å². The number of hydrogen-bond donors (Lipinski definition) is 2. The molecule has 2 aromatic carbocycles. The maximum atomic E-state index is 9.78. The van der Waals surface area contributed by atoms with Crippen molar-refractivity contribution in [3.05, 3.63) is 42.5 Å². The molecule has 1 heterocycles. The predicted octanol–water partition coefficient (Wildman–Crippen LogP) is 3.47. The number of aliphatic hydroxyl groups is 1. The van der Waals surface area contributed by atoms with E-state index < -0.39 is 5.60 Å². The molecule has 0 fully saturated rings. The molecule has 0 radical (unpaired) electrons. The number of rotatable bonds is 3. The second kappa shape index (κ2) is 4.28. The molecule has 98 valence electrons. The Labute approximate surface area is 111 Å². The van der Waals surface area contributed by atoms with Crippen LogP contribution in [0.3, 0.4) is 0 Å². The third-order valence-corrected chi connectivity index (χ3v) is 3.07. The standard InChI is InChI=1S/C16H17NO2/c1-16(2,18)10-19-14-9-5-8-13-15(14)11-6-3-4-7-12(11)17-13/h3-9,17-18H,10H2,1-2H3. The van der Waals surface area contributed by atoms with Gasteiger partial charge in [0, 0.05) is 16.3 Å². The van der Waals surface area contributed by atoms with E-state index in [2.05, 4.69) is 17.1 Å². The van der Waals surface area contributed by atoms with Gasteiger partial charge in [0.15, 0.2) is 0 Å². The van der Waals surface area contributed by atoms with Crippen LogP contribution in [-0.4, -0.2) is 22.3 Å². The zero-order valence-electron chi connectivity index (χ0n) is 11.1. The number of para-hydroxylation sites is 1. The molecular weight excluding hydrogens is 238 g/mol. The number of hydrogen-bond acceptors (Lipinski definition) is 2. The second-order valence-corrected chi connectivity index (χ2v) is 5.45. The first kappa shape index (κ1) is 12.1. The quantitative estimate of drug-likeness (QED) is 0.752. The molecule has 0 atom stereocenters. The molecule has 0 amide bonds. The molecule has 3 aromatic rings. The summed E-state index contributed by atoms with van der Waals surface area (Å²) in [7, 11) is 0. The summed E-state index contributed by atoms with van der Waals surface area (Å²) in [5.41, 5.74) is 1.31. The van der Waals surface area contributed by atoms with Crippen LogP contribution in [0.2, 0.25) is 0 Å². The van der Waals surface area contributed by atoms with Crippen LogP contribution >= 0.6 is 0 Å². The van der Waals surface area contributed by atoms with Crippen LogP contribution in [-0.2, 0) is 0 Å². The van der Waals surface area contributed by atoms with Gasteiger partial charge in [-0.1, -0.05) is 24.3 Å². The van der Waals surface area contributed by atoms with Gasteiger partial charge in [0.1, 0.15) is 12.4 Å². The Balaban J connectivity index is 2.13. The summed E-state index contributed by atoms with van der Waals surface area (Å²) >= 11 is 0. The Morgan fingerprint density at radius 2 is 1.79 bits per heavy atom. The highest BCUT2D eigenvalue weighted by molar-refractivity contribution is 6.10. The van der Waals surface area contributed by atoms with Gasteiger partial charge in [0.2, 0.25) is 0 Å². The van der Waals surface area contributed by atoms with E-state index in [0.29, 0.717) is 0 Å². The molecule has 1 aromatic heterocycles. The molecule has 0 unspecified atom stereocenters. The van der Waals surface area contributed by atoms with Crippen LogP contribution in [0.15, 0.2) is 42.5 Å². The van der Waals surface area contributed by atoms with E-state index in [1.807, 2.05) is 30.3 Å². The summed E-state index contributed by atoms with van der Waals surface area (Å²) in [6, 6.07) is 14.1. The summed E-state index contributed by atoms with van der Waals surface area (Å²) in [5, 5.41) is 12.0. The molecule has 0 aliphatic rings. The largest absolute Gasteiger partial charge is 0.490 e. The highest BCUT2D eigenvalue weighted by atomic mass is 16.5. The van der Waals surface area contributed by atoms with Crippen molar-refractivity contribution in [2.45, 2.75) is 19.4 Å². The van der Waals surface area contributed by atoms with E-state index in [-0.39, 0.29) is 6.61 Å². The van der Waals surface area contributed by atoms with Crippen LogP contribution in [0.1, 0.15) is 13.8 Å². The zero-order valence-corrected chi connectivity index (χ0v) is 11.1. The van der Waals surface area contributed by atoms with Gasteiger partial charge < -0.3 is 14.8 Å². The lowest BCUT2D eigenvalue weighted by Gasteiger charge is -2.18. The van der Waals surface area contributed by atoms with Crippen LogP contribution in [0.5, 0.6) is 5.75 Å². The maximum Gasteiger partial charge on any atom is 0.129 e. The molecule has 0 aliphatic carbocycles. The van der Waals surface area contributed by atoms with Crippen LogP contribution in [0.25, 0.3) is 21.8 Å². The Kier molecular flexibility index (Phi) is 2.72. The lowest BCUT2D eigenvalue weighted by Crippen LogP contribution is -2.27. The SMILES string of the molecule is CC(C)(O)COc1cccc2[nH]c3ccccc3c12. The van der Waals surface area contributed by atoms with E-state index >= 15 is 0 Å². The van der Waals surface area contributed by atoms with Crippen molar-refractivity contribution < 1.29 is 9.84 Å². The van der Waals surface area contributed by atoms with Crippen molar-refractivity contribution in [2.75, 3.05) is 6.61 Å². The van der Waals surface area contributed by atoms with Crippen molar-refractivity contribution in [2.24, 2.45) is 0 Å². The van der Waals surface area contributed by atoms with Gasteiger partial charge in [-0.05, 0) is 32.0 Å². The fraction of sp³-hybridized carbons (Fsp3) is 0.250. The summed E-state index contributed by atoms with van der Waals surface area (Å²) in [6.45, 7) is 3.75. The van der Waals surface area contributed by atoms with E-state index in [0.717, 1.165) is 27.6 Å². The lowest BCUT2D eigenvalue weighted by atomic mass is 10.1. The normalized spacial score (nSPS) is 12.2. The summed E-state index contributed by atoms with van der Waals surface area (Å²) < 4.78 is 5.78. The maximum absolute atomic E-state index is 9.78. The number of benzene rings is 2. The third kappa shape index (κ3) is 2.29. The van der Waals surface area contributed by atoms with Gasteiger partial charge in [-0.15, -0.1) is 0 Å². The Hall–Kier alpha value is -2.00. The first-order valence-corrected chi connectivity index (χ1v) is 6.39. The van der Waals surface area contributed by atoms with E-state index in [4.69, 9.17) is 4.74 Å². The highest BCUT2D eigenvalue weighted by Crippen LogP contribution is 2.33. The zero-order chi connectivity index (χ0) is 13.5. The number of aromatic amines is 1. The molecule has 0 bridgehead atoms. The van der Waals surface area contributed by atoms with Gasteiger partial charge in [-0.3, -0.25) is 0 Å². The first-order valence-electron chi connectivity index (χ1n) is 6.39. The summed E-state index contributed by atoms with van der Waals surface area (Å²) in [5.74, 6) is 0.803. The van der Waals surface area contributed by atoms with Gasteiger partial charge >= 0.3 is 0 Å². The second-order valence-electron chi connectivity index (χ2n) is 5.45. The van der Waals surface area contributed by atoms with Crippen molar-refractivity contribution in [3.63, 3.8) is 0 Å². The van der Waals surface area contributed by atoms with Crippen LogP contribution in [0.4, 0.5) is 0 Å². The number of aromatic nitrogens is 1. The lowest BCUT2D eigenvalue weighted by molar-refractivity contribution is 0.0290. The molecule has 19 heavy (non-hydrogen) atoms. The number of ether oxygens (including phenoxy) is 1. The summed E-state index contributed by atoms with van der Waals surface area (Å²) in [6.07, 6.45) is 0. The predicted molar refractivity (Wildman–Crippen MR) is 77.6 cm³/mol. The minimum atomic E-state index is -0.839. The molecular formula is C16H17NO2. The van der Waals surface area contributed by atoms with Crippen molar-refractivity contribution in [3.8, 4) is 5.75 Å². The molecule has 0 spiro atoms. The van der Waals surface area contributed by atoms with Gasteiger partial charge in [0.05, 0.1) is 11.1 Å². The monoisotopic (exact) mass is 255 g/mol. The topological polar surface area (TPSA) is 45.2 Å². The first-order chi connectivity index (χ1) is 9.04.